The lowest BCUT2D eigenvalue weighted by Crippen LogP contribution is -2.27. The van der Waals surface area contributed by atoms with Crippen LogP contribution in [-0.4, -0.2) is 27.0 Å². The Morgan fingerprint density at radius 1 is 1.35 bits per heavy atom. The number of nitrogens with zero attached hydrogens (tertiary/aromatic N) is 2. The number of hydroxylamine groups is 1. The largest absolute Gasteiger partial charge is 0.360 e. The van der Waals surface area contributed by atoms with Gasteiger partial charge in [0.1, 0.15) is 11.5 Å². The SMILES string of the molecule is CCCc1cccc2nc(CC(C)(C)C)c(NCC(=O)NO)n12. The smallest absolute Gasteiger partial charge is 0.262 e. The molecule has 0 unspecified atom stereocenters. The molecule has 3 N–H and O–H groups in total. The van der Waals surface area contributed by atoms with E-state index < -0.39 is 5.91 Å². The number of rotatable bonds is 6. The number of fused-ring (bicyclic) bond motifs is 1. The van der Waals surface area contributed by atoms with Gasteiger partial charge in [-0.3, -0.25) is 14.4 Å². The van der Waals surface area contributed by atoms with Gasteiger partial charge in [0.15, 0.2) is 0 Å². The second-order valence-corrected chi connectivity index (χ2v) is 6.99. The molecule has 0 saturated carbocycles. The van der Waals surface area contributed by atoms with Gasteiger partial charge in [-0.05, 0) is 30.4 Å². The summed E-state index contributed by atoms with van der Waals surface area (Å²) < 4.78 is 2.08. The van der Waals surface area contributed by atoms with Crippen molar-refractivity contribution in [3.05, 3.63) is 29.6 Å². The van der Waals surface area contributed by atoms with E-state index in [9.17, 15) is 4.79 Å². The van der Waals surface area contributed by atoms with Gasteiger partial charge in [-0.15, -0.1) is 0 Å². The molecular weight excluding hydrogens is 292 g/mol. The molecule has 2 aromatic rings. The number of carbonyl (C=O) groups excluding carboxylic acids is 1. The van der Waals surface area contributed by atoms with Crippen LogP contribution in [0.4, 0.5) is 5.82 Å². The van der Waals surface area contributed by atoms with Crippen LogP contribution in [0, 0.1) is 5.41 Å². The van der Waals surface area contributed by atoms with Crippen molar-refractivity contribution in [2.75, 3.05) is 11.9 Å². The zero-order valence-corrected chi connectivity index (χ0v) is 14.3. The molecule has 2 heterocycles. The van der Waals surface area contributed by atoms with Gasteiger partial charge in [0.05, 0.1) is 12.2 Å². The molecule has 2 rings (SSSR count). The maximum Gasteiger partial charge on any atom is 0.262 e. The Morgan fingerprint density at radius 3 is 2.70 bits per heavy atom. The van der Waals surface area contributed by atoms with Crippen LogP contribution in [0.1, 0.15) is 45.5 Å². The van der Waals surface area contributed by atoms with Crippen molar-refractivity contribution in [2.45, 2.75) is 47.0 Å². The highest BCUT2D eigenvalue weighted by Gasteiger charge is 2.20. The summed E-state index contributed by atoms with van der Waals surface area (Å²) in [6, 6.07) is 6.07. The summed E-state index contributed by atoms with van der Waals surface area (Å²) in [7, 11) is 0. The highest BCUT2D eigenvalue weighted by atomic mass is 16.5. The van der Waals surface area contributed by atoms with E-state index in [0.29, 0.717) is 0 Å². The summed E-state index contributed by atoms with van der Waals surface area (Å²) in [5, 5.41) is 11.8. The van der Waals surface area contributed by atoms with Crippen LogP contribution in [0.15, 0.2) is 18.2 Å². The molecule has 0 atom stereocenters. The molecule has 6 heteroatoms. The third kappa shape index (κ3) is 4.22. The highest BCUT2D eigenvalue weighted by molar-refractivity contribution is 5.79. The normalized spacial score (nSPS) is 11.7. The quantitative estimate of drug-likeness (QED) is 0.565. The second-order valence-electron chi connectivity index (χ2n) is 6.99. The van der Waals surface area contributed by atoms with Gasteiger partial charge in [-0.25, -0.2) is 10.5 Å². The van der Waals surface area contributed by atoms with Crippen LogP contribution in [0.2, 0.25) is 0 Å². The number of amides is 1. The molecule has 0 aliphatic rings. The molecule has 0 radical (unpaired) electrons. The van der Waals surface area contributed by atoms with Gasteiger partial charge in [0, 0.05) is 5.69 Å². The monoisotopic (exact) mass is 318 g/mol. The number of aromatic nitrogens is 2. The van der Waals surface area contributed by atoms with Gasteiger partial charge in [-0.2, -0.15) is 0 Å². The van der Waals surface area contributed by atoms with E-state index in [1.54, 1.807) is 5.48 Å². The van der Waals surface area contributed by atoms with Crippen LogP contribution < -0.4 is 10.8 Å². The highest BCUT2D eigenvalue weighted by Crippen LogP contribution is 2.28. The summed E-state index contributed by atoms with van der Waals surface area (Å²) in [5.74, 6) is 0.359. The van der Waals surface area contributed by atoms with Gasteiger partial charge in [0.25, 0.3) is 5.91 Å². The summed E-state index contributed by atoms with van der Waals surface area (Å²) in [6.07, 6.45) is 2.76. The van der Waals surface area contributed by atoms with E-state index in [0.717, 1.165) is 42.1 Å². The Hall–Kier alpha value is -2.08. The van der Waals surface area contributed by atoms with Crippen molar-refractivity contribution in [1.29, 1.82) is 0 Å². The number of anilines is 1. The Kier molecular flexibility index (Phi) is 5.26. The summed E-state index contributed by atoms with van der Waals surface area (Å²) in [5.41, 5.74) is 4.70. The first kappa shape index (κ1) is 17.3. The number of nitrogens with one attached hydrogen (secondary N) is 2. The molecule has 0 fully saturated rings. The number of pyridine rings is 1. The predicted molar refractivity (Wildman–Crippen MR) is 90.8 cm³/mol. The number of aryl methyl sites for hydroxylation is 1. The number of hydrogen-bond acceptors (Lipinski definition) is 4. The van der Waals surface area contributed by atoms with E-state index in [4.69, 9.17) is 10.2 Å². The van der Waals surface area contributed by atoms with Gasteiger partial charge >= 0.3 is 0 Å². The van der Waals surface area contributed by atoms with Crippen molar-refractivity contribution in [1.82, 2.24) is 14.9 Å². The van der Waals surface area contributed by atoms with E-state index in [2.05, 4.69) is 43.5 Å². The van der Waals surface area contributed by atoms with Crippen molar-refractivity contribution < 1.29 is 10.0 Å². The van der Waals surface area contributed by atoms with Crippen LogP contribution in [0.5, 0.6) is 0 Å². The fourth-order valence-corrected chi connectivity index (χ4v) is 2.67. The first-order chi connectivity index (χ1) is 10.9. The number of carbonyl (C=O) groups is 1. The Labute approximate surface area is 136 Å². The fraction of sp³-hybridized carbons (Fsp3) is 0.529. The molecule has 126 valence electrons. The summed E-state index contributed by atoms with van der Waals surface area (Å²) >= 11 is 0. The van der Waals surface area contributed by atoms with Gasteiger partial charge in [-0.1, -0.05) is 40.2 Å². The molecule has 0 bridgehead atoms. The first-order valence-electron chi connectivity index (χ1n) is 8.01. The number of imidazole rings is 1. The van der Waals surface area contributed by atoms with Crippen LogP contribution >= 0.6 is 0 Å². The molecular formula is C17H26N4O2. The predicted octanol–water partition coefficient (Wildman–Crippen LogP) is 2.79. The van der Waals surface area contributed by atoms with Crippen molar-refractivity contribution in [3.8, 4) is 0 Å². The topological polar surface area (TPSA) is 78.7 Å². The van der Waals surface area contributed by atoms with Gasteiger partial charge < -0.3 is 5.32 Å². The standard InChI is InChI=1S/C17H26N4O2/c1-5-7-12-8-6-9-14-19-13(10-17(2,3)4)16(21(12)14)18-11-15(22)20-23/h6,8-9,18,23H,5,7,10-11H2,1-4H3,(H,20,22). The zero-order valence-electron chi connectivity index (χ0n) is 14.3. The molecule has 0 spiro atoms. The van der Waals surface area contributed by atoms with Crippen molar-refractivity contribution in [3.63, 3.8) is 0 Å². The number of hydrogen-bond donors (Lipinski definition) is 3. The Bertz CT molecular complexity index is 686. The third-order valence-electron chi connectivity index (χ3n) is 3.54. The molecule has 0 aliphatic carbocycles. The fourth-order valence-electron chi connectivity index (χ4n) is 2.67. The van der Waals surface area contributed by atoms with E-state index >= 15 is 0 Å². The molecule has 0 aliphatic heterocycles. The average Bonchev–Trinajstić information content (AvgIpc) is 2.81. The maximum absolute atomic E-state index is 11.4. The summed E-state index contributed by atoms with van der Waals surface area (Å²) in [6.45, 7) is 8.62. The molecule has 23 heavy (non-hydrogen) atoms. The molecule has 1 amide bonds. The summed E-state index contributed by atoms with van der Waals surface area (Å²) in [4.78, 5) is 16.1. The Morgan fingerprint density at radius 2 is 2.09 bits per heavy atom. The van der Waals surface area contributed by atoms with Crippen LogP contribution in [0.3, 0.4) is 0 Å². The lowest BCUT2D eigenvalue weighted by Gasteiger charge is -2.18. The first-order valence-corrected chi connectivity index (χ1v) is 8.01. The van der Waals surface area contributed by atoms with Crippen LogP contribution in [-0.2, 0) is 17.6 Å². The van der Waals surface area contributed by atoms with Crippen LogP contribution in [0.25, 0.3) is 5.65 Å². The van der Waals surface area contributed by atoms with Gasteiger partial charge in [0.2, 0.25) is 0 Å². The minimum Gasteiger partial charge on any atom is -0.360 e. The average molecular weight is 318 g/mol. The van der Waals surface area contributed by atoms with Crippen molar-refractivity contribution >= 4 is 17.4 Å². The minimum absolute atomic E-state index is 0.00188. The second kappa shape index (κ2) is 7.00. The Balaban J connectivity index is 2.50. The molecule has 2 aromatic heterocycles. The molecule has 6 nitrogen and oxygen atoms in total. The molecule has 0 aromatic carbocycles. The lowest BCUT2D eigenvalue weighted by atomic mass is 9.90. The van der Waals surface area contributed by atoms with E-state index in [-0.39, 0.29) is 12.0 Å². The van der Waals surface area contributed by atoms with E-state index in [1.807, 2.05) is 12.1 Å². The lowest BCUT2D eigenvalue weighted by molar-refractivity contribution is -0.127. The van der Waals surface area contributed by atoms with Crippen molar-refractivity contribution in [2.24, 2.45) is 5.41 Å². The minimum atomic E-state index is -0.477. The van der Waals surface area contributed by atoms with E-state index in [1.165, 1.54) is 0 Å². The third-order valence-corrected chi connectivity index (χ3v) is 3.54. The molecule has 0 saturated heterocycles. The zero-order chi connectivity index (χ0) is 17.0. The maximum atomic E-state index is 11.4.